The first kappa shape index (κ1) is 13.9. The van der Waals surface area contributed by atoms with Crippen molar-refractivity contribution in [3.63, 3.8) is 0 Å². The topological polar surface area (TPSA) is 72.1 Å². The third-order valence-corrected chi connectivity index (χ3v) is 4.27. The molecule has 5 nitrogen and oxygen atoms in total. The van der Waals surface area contributed by atoms with Gasteiger partial charge in [-0.3, -0.25) is 9.78 Å². The van der Waals surface area contributed by atoms with E-state index in [1.807, 2.05) is 29.2 Å². The van der Waals surface area contributed by atoms with Crippen molar-refractivity contribution >= 4 is 16.9 Å². The first-order valence-corrected chi connectivity index (χ1v) is 7.24. The van der Waals surface area contributed by atoms with Crippen LogP contribution in [0.2, 0.25) is 0 Å². The molecule has 2 N–H and O–H groups in total. The van der Waals surface area contributed by atoms with Crippen LogP contribution in [0.5, 0.6) is 0 Å². The fraction of sp³-hybridized carbons (Fsp3) is 0.438. The van der Waals surface area contributed by atoms with Crippen LogP contribution in [0.4, 0.5) is 0 Å². The number of nitrogens with zero attached hydrogens (tertiary/aromatic N) is 3. The molecule has 0 bridgehead atoms. The first-order valence-electron chi connectivity index (χ1n) is 7.24. The number of fused-ring (bicyclic) bond motifs is 1. The van der Waals surface area contributed by atoms with E-state index in [-0.39, 0.29) is 17.4 Å². The number of carbonyl (C=O) groups excluding carboxylic acids is 1. The van der Waals surface area contributed by atoms with Crippen molar-refractivity contribution < 1.29 is 4.79 Å². The number of nitrogens with two attached hydrogens (primary N) is 1. The van der Waals surface area contributed by atoms with Crippen LogP contribution in [0.15, 0.2) is 30.5 Å². The van der Waals surface area contributed by atoms with Gasteiger partial charge in [0, 0.05) is 19.1 Å². The molecule has 0 spiro atoms. The Morgan fingerprint density at radius 3 is 2.76 bits per heavy atom. The minimum atomic E-state index is -0.0712. The molecule has 5 heteroatoms. The Morgan fingerprint density at radius 2 is 2.05 bits per heavy atom. The molecule has 0 saturated carbocycles. The zero-order chi connectivity index (χ0) is 15.0. The number of amides is 1. The molecule has 0 aliphatic carbocycles. The van der Waals surface area contributed by atoms with Crippen LogP contribution in [0.25, 0.3) is 11.0 Å². The Balaban J connectivity index is 1.87. The summed E-state index contributed by atoms with van der Waals surface area (Å²) in [6.07, 6.45) is 2.38. The summed E-state index contributed by atoms with van der Waals surface area (Å²) >= 11 is 0. The Labute approximate surface area is 124 Å². The van der Waals surface area contributed by atoms with E-state index in [1.54, 1.807) is 6.20 Å². The van der Waals surface area contributed by atoms with Gasteiger partial charge in [-0.15, -0.1) is 0 Å². The number of carbonyl (C=O) groups is 1. The monoisotopic (exact) mass is 284 g/mol. The maximum Gasteiger partial charge on any atom is 0.274 e. The number of hydrogen-bond donors (Lipinski definition) is 1. The highest BCUT2D eigenvalue weighted by Crippen LogP contribution is 2.28. The maximum atomic E-state index is 12.6. The van der Waals surface area contributed by atoms with Crippen LogP contribution in [0, 0.1) is 5.41 Å². The highest BCUT2D eigenvalue weighted by atomic mass is 16.2. The summed E-state index contributed by atoms with van der Waals surface area (Å²) in [6.45, 7) is 5.53. The Bertz CT molecular complexity index is 683. The summed E-state index contributed by atoms with van der Waals surface area (Å²) in [5.74, 6) is -0.0618. The van der Waals surface area contributed by atoms with Crippen molar-refractivity contribution in [1.82, 2.24) is 14.9 Å². The minimum Gasteiger partial charge on any atom is -0.337 e. The Kier molecular flexibility index (Phi) is 3.37. The van der Waals surface area contributed by atoms with E-state index in [1.165, 1.54) is 0 Å². The molecule has 1 amide bonds. The SMILES string of the molecule is CC1(C)CN(C(=O)c2cnc3ccccc3n2)CCC1N. The predicted molar refractivity (Wildman–Crippen MR) is 81.8 cm³/mol. The molecule has 1 saturated heterocycles. The smallest absolute Gasteiger partial charge is 0.274 e. The quantitative estimate of drug-likeness (QED) is 0.867. The number of likely N-dealkylation sites (tertiary alicyclic amines) is 1. The van der Waals surface area contributed by atoms with Crippen molar-refractivity contribution in [3.8, 4) is 0 Å². The third kappa shape index (κ3) is 2.61. The molecule has 0 radical (unpaired) electrons. The largest absolute Gasteiger partial charge is 0.337 e. The molecule has 1 atom stereocenters. The van der Waals surface area contributed by atoms with Gasteiger partial charge < -0.3 is 10.6 Å². The van der Waals surface area contributed by atoms with E-state index in [0.717, 1.165) is 17.5 Å². The molecule has 1 aromatic carbocycles. The molecule has 2 heterocycles. The van der Waals surface area contributed by atoms with Crippen LogP contribution in [-0.4, -0.2) is 39.9 Å². The molecule has 1 unspecified atom stereocenters. The lowest BCUT2D eigenvalue weighted by molar-refractivity contribution is 0.0527. The summed E-state index contributed by atoms with van der Waals surface area (Å²) in [6, 6.07) is 7.69. The van der Waals surface area contributed by atoms with Gasteiger partial charge in [0.25, 0.3) is 5.91 Å². The van der Waals surface area contributed by atoms with Gasteiger partial charge in [0.15, 0.2) is 0 Å². The molecular weight excluding hydrogens is 264 g/mol. The fourth-order valence-electron chi connectivity index (χ4n) is 2.77. The second-order valence-electron chi connectivity index (χ2n) is 6.35. The number of para-hydroxylation sites is 2. The summed E-state index contributed by atoms with van der Waals surface area (Å²) in [5.41, 5.74) is 8.00. The van der Waals surface area contributed by atoms with Gasteiger partial charge in [-0.1, -0.05) is 26.0 Å². The number of aromatic nitrogens is 2. The average molecular weight is 284 g/mol. The lowest BCUT2D eigenvalue weighted by atomic mass is 9.79. The van der Waals surface area contributed by atoms with Crippen molar-refractivity contribution in [2.24, 2.45) is 11.1 Å². The summed E-state index contributed by atoms with van der Waals surface area (Å²) in [5, 5.41) is 0. The molecule has 1 fully saturated rings. The van der Waals surface area contributed by atoms with Crippen molar-refractivity contribution in [3.05, 3.63) is 36.2 Å². The van der Waals surface area contributed by atoms with Crippen molar-refractivity contribution in [2.75, 3.05) is 13.1 Å². The lowest BCUT2D eigenvalue weighted by Crippen LogP contribution is -2.54. The van der Waals surface area contributed by atoms with Crippen LogP contribution < -0.4 is 5.73 Å². The normalized spacial score (nSPS) is 21.5. The lowest BCUT2D eigenvalue weighted by Gasteiger charge is -2.42. The van der Waals surface area contributed by atoms with Crippen LogP contribution in [0.3, 0.4) is 0 Å². The summed E-state index contributed by atoms with van der Waals surface area (Å²) in [4.78, 5) is 23.2. The van der Waals surface area contributed by atoms with E-state index in [9.17, 15) is 4.79 Å². The van der Waals surface area contributed by atoms with Gasteiger partial charge in [-0.05, 0) is 24.0 Å². The Hall–Kier alpha value is -2.01. The van der Waals surface area contributed by atoms with Gasteiger partial charge in [0.2, 0.25) is 0 Å². The standard InChI is InChI=1S/C16H20N4O/c1-16(2)10-20(8-7-14(16)17)15(21)13-9-18-11-5-3-4-6-12(11)19-13/h3-6,9,14H,7-8,10,17H2,1-2H3. The van der Waals surface area contributed by atoms with Gasteiger partial charge in [0.1, 0.15) is 5.69 Å². The highest BCUT2D eigenvalue weighted by molar-refractivity contribution is 5.93. The fourth-order valence-corrected chi connectivity index (χ4v) is 2.77. The predicted octanol–water partition coefficient (Wildman–Crippen LogP) is 1.83. The van der Waals surface area contributed by atoms with Gasteiger partial charge in [0.05, 0.1) is 17.2 Å². The average Bonchev–Trinajstić information content (AvgIpc) is 2.48. The van der Waals surface area contributed by atoms with Gasteiger partial charge in [-0.2, -0.15) is 0 Å². The molecule has 2 aromatic rings. The van der Waals surface area contributed by atoms with E-state index < -0.39 is 0 Å². The van der Waals surface area contributed by atoms with Crippen LogP contribution >= 0.6 is 0 Å². The second kappa shape index (κ2) is 5.07. The molecule has 1 aliphatic heterocycles. The molecule has 3 rings (SSSR count). The van der Waals surface area contributed by atoms with Gasteiger partial charge in [-0.25, -0.2) is 4.98 Å². The summed E-state index contributed by atoms with van der Waals surface area (Å²) in [7, 11) is 0. The zero-order valence-corrected chi connectivity index (χ0v) is 12.4. The summed E-state index contributed by atoms with van der Waals surface area (Å²) < 4.78 is 0. The maximum absolute atomic E-state index is 12.6. The molecule has 1 aromatic heterocycles. The van der Waals surface area contributed by atoms with E-state index in [0.29, 0.717) is 18.8 Å². The molecule has 21 heavy (non-hydrogen) atoms. The van der Waals surface area contributed by atoms with E-state index in [4.69, 9.17) is 5.73 Å². The molecule has 1 aliphatic rings. The zero-order valence-electron chi connectivity index (χ0n) is 12.4. The molecule has 110 valence electrons. The third-order valence-electron chi connectivity index (χ3n) is 4.27. The number of benzene rings is 1. The van der Waals surface area contributed by atoms with Crippen LogP contribution in [0.1, 0.15) is 30.8 Å². The first-order chi connectivity index (χ1) is 9.97. The Morgan fingerprint density at radius 1 is 1.33 bits per heavy atom. The van der Waals surface area contributed by atoms with Gasteiger partial charge >= 0.3 is 0 Å². The van der Waals surface area contributed by atoms with E-state index >= 15 is 0 Å². The number of hydrogen-bond acceptors (Lipinski definition) is 4. The van der Waals surface area contributed by atoms with Crippen molar-refractivity contribution in [2.45, 2.75) is 26.3 Å². The molecular formula is C16H20N4O. The van der Waals surface area contributed by atoms with E-state index in [2.05, 4.69) is 23.8 Å². The number of rotatable bonds is 1. The second-order valence-corrected chi connectivity index (χ2v) is 6.35. The van der Waals surface area contributed by atoms with Crippen molar-refractivity contribution in [1.29, 1.82) is 0 Å². The number of piperidine rings is 1. The van der Waals surface area contributed by atoms with Crippen LogP contribution in [-0.2, 0) is 0 Å². The minimum absolute atomic E-state index is 0.0618. The highest BCUT2D eigenvalue weighted by Gasteiger charge is 2.35.